The molecule has 0 bridgehead atoms. The molecule has 0 spiro atoms. The van der Waals surface area contributed by atoms with Crippen LogP contribution in [0.5, 0.6) is 0 Å². The maximum absolute atomic E-state index is 13.2. The van der Waals surface area contributed by atoms with Crippen LogP contribution in [0.1, 0.15) is 30.9 Å². The van der Waals surface area contributed by atoms with Gasteiger partial charge in [-0.15, -0.1) is 0 Å². The van der Waals surface area contributed by atoms with Gasteiger partial charge in [0.1, 0.15) is 5.82 Å². The highest BCUT2D eigenvalue weighted by Crippen LogP contribution is 2.21. The highest BCUT2D eigenvalue weighted by molar-refractivity contribution is 7.89. The largest absolute Gasteiger partial charge is 0.392 e. The van der Waals surface area contributed by atoms with Gasteiger partial charge in [0.15, 0.2) is 0 Å². The van der Waals surface area contributed by atoms with E-state index < -0.39 is 21.9 Å². The molecule has 4 nitrogen and oxygen atoms in total. The summed E-state index contributed by atoms with van der Waals surface area (Å²) in [5.74, 6) is -0.458. The first-order chi connectivity index (χ1) is 8.77. The van der Waals surface area contributed by atoms with E-state index in [4.69, 9.17) is 0 Å². The van der Waals surface area contributed by atoms with E-state index in [1.165, 1.54) is 12.1 Å². The normalized spacial score (nSPS) is 13.5. The second kappa shape index (κ2) is 6.45. The fourth-order valence-corrected chi connectivity index (χ4v) is 3.56. The Labute approximate surface area is 113 Å². The molecule has 0 aromatic heterocycles. The maximum atomic E-state index is 13.2. The van der Waals surface area contributed by atoms with E-state index in [1.807, 2.05) is 6.92 Å². The Hall–Kier alpha value is -0.980. The van der Waals surface area contributed by atoms with Crippen molar-refractivity contribution in [2.75, 3.05) is 6.54 Å². The average Bonchev–Trinajstić information content (AvgIpc) is 2.25. The summed E-state index contributed by atoms with van der Waals surface area (Å²) in [7, 11) is -3.73. The lowest BCUT2D eigenvalue weighted by Crippen LogP contribution is -2.32. The summed E-state index contributed by atoms with van der Waals surface area (Å²) in [6.07, 6.45) is 0.599. The Balaban J connectivity index is 2.95. The van der Waals surface area contributed by atoms with E-state index in [0.29, 0.717) is 17.5 Å². The molecule has 108 valence electrons. The van der Waals surface area contributed by atoms with Gasteiger partial charge in [0.2, 0.25) is 10.0 Å². The van der Waals surface area contributed by atoms with E-state index in [0.717, 1.165) is 6.42 Å². The summed E-state index contributed by atoms with van der Waals surface area (Å²) in [6, 6.07) is 2.37. The van der Waals surface area contributed by atoms with Crippen LogP contribution in [0, 0.1) is 19.7 Å². The monoisotopic (exact) mass is 289 g/mol. The number of rotatable bonds is 6. The number of halogens is 1. The van der Waals surface area contributed by atoms with Gasteiger partial charge in [-0.1, -0.05) is 13.3 Å². The van der Waals surface area contributed by atoms with Crippen molar-refractivity contribution in [1.29, 1.82) is 0 Å². The molecule has 0 saturated heterocycles. The van der Waals surface area contributed by atoms with E-state index in [9.17, 15) is 17.9 Å². The van der Waals surface area contributed by atoms with Crippen molar-refractivity contribution in [1.82, 2.24) is 4.72 Å². The van der Waals surface area contributed by atoms with Crippen LogP contribution in [0.15, 0.2) is 17.0 Å². The average molecular weight is 289 g/mol. The highest BCUT2D eigenvalue weighted by Gasteiger charge is 2.21. The van der Waals surface area contributed by atoms with Crippen molar-refractivity contribution in [3.63, 3.8) is 0 Å². The van der Waals surface area contributed by atoms with Gasteiger partial charge in [-0.3, -0.25) is 0 Å². The Kier molecular flexibility index (Phi) is 5.46. The number of sulfonamides is 1. The fourth-order valence-electron chi connectivity index (χ4n) is 2.03. The summed E-state index contributed by atoms with van der Waals surface area (Å²) in [5, 5.41) is 9.56. The van der Waals surface area contributed by atoms with Gasteiger partial charge in [-0.05, 0) is 43.5 Å². The first-order valence-corrected chi connectivity index (χ1v) is 7.70. The molecule has 1 unspecified atom stereocenters. The molecule has 1 atom stereocenters. The molecule has 0 aliphatic carbocycles. The minimum atomic E-state index is -3.73. The van der Waals surface area contributed by atoms with Crippen LogP contribution in [0.3, 0.4) is 0 Å². The number of aryl methyl sites for hydroxylation is 2. The zero-order chi connectivity index (χ0) is 14.6. The van der Waals surface area contributed by atoms with Crippen molar-refractivity contribution in [2.24, 2.45) is 0 Å². The molecule has 1 rings (SSSR count). The number of hydrogen-bond donors (Lipinski definition) is 2. The van der Waals surface area contributed by atoms with Gasteiger partial charge < -0.3 is 5.11 Å². The zero-order valence-corrected chi connectivity index (χ0v) is 12.2. The Bertz CT molecular complexity index is 520. The third-order valence-electron chi connectivity index (χ3n) is 2.82. The van der Waals surface area contributed by atoms with Crippen molar-refractivity contribution in [3.8, 4) is 0 Å². The molecule has 2 N–H and O–H groups in total. The predicted molar refractivity (Wildman–Crippen MR) is 72.0 cm³/mol. The summed E-state index contributed by atoms with van der Waals surface area (Å²) in [6.45, 7) is 4.97. The van der Waals surface area contributed by atoms with Gasteiger partial charge >= 0.3 is 0 Å². The van der Waals surface area contributed by atoms with Crippen molar-refractivity contribution in [3.05, 3.63) is 29.1 Å². The topological polar surface area (TPSA) is 66.4 Å². The standard InChI is InChI=1S/C13H20FNO3S/c1-4-5-12(16)8-15-19(17,18)13-9(2)6-11(14)7-10(13)3/h6-7,12,15-16H,4-5,8H2,1-3H3. The molecule has 0 aliphatic rings. The molecule has 0 fully saturated rings. The summed E-state index contributed by atoms with van der Waals surface area (Å²) in [4.78, 5) is 0.0811. The number of nitrogens with one attached hydrogen (secondary N) is 1. The lowest BCUT2D eigenvalue weighted by atomic mass is 10.1. The lowest BCUT2D eigenvalue weighted by Gasteiger charge is -2.14. The summed E-state index contributed by atoms with van der Waals surface area (Å²) in [5.41, 5.74) is 0.713. The van der Waals surface area contributed by atoms with Crippen LogP contribution >= 0.6 is 0 Å². The van der Waals surface area contributed by atoms with Gasteiger partial charge in [0.25, 0.3) is 0 Å². The molecule has 6 heteroatoms. The van der Waals surface area contributed by atoms with Crippen LogP contribution in [0.25, 0.3) is 0 Å². The third kappa shape index (κ3) is 4.26. The number of aliphatic hydroxyl groups excluding tert-OH is 1. The van der Waals surface area contributed by atoms with Gasteiger partial charge in [0, 0.05) is 6.54 Å². The first kappa shape index (κ1) is 16.1. The SMILES string of the molecule is CCCC(O)CNS(=O)(=O)c1c(C)cc(F)cc1C. The van der Waals surface area contributed by atoms with Crippen molar-refractivity contribution >= 4 is 10.0 Å². The second-order valence-electron chi connectivity index (χ2n) is 4.66. The molecule has 0 aliphatic heterocycles. The van der Waals surface area contributed by atoms with Gasteiger partial charge in [-0.25, -0.2) is 17.5 Å². The Morgan fingerprint density at radius 2 is 1.84 bits per heavy atom. The van der Waals surface area contributed by atoms with Crippen LogP contribution in [-0.2, 0) is 10.0 Å². The summed E-state index contributed by atoms with van der Waals surface area (Å²) >= 11 is 0. The molecule has 19 heavy (non-hydrogen) atoms. The molecule has 0 radical (unpaired) electrons. The predicted octanol–water partition coefficient (Wildman–Crippen LogP) is 1.88. The second-order valence-corrected chi connectivity index (χ2v) is 6.37. The van der Waals surface area contributed by atoms with E-state index in [1.54, 1.807) is 13.8 Å². The molecule has 1 aromatic carbocycles. The number of hydrogen-bond acceptors (Lipinski definition) is 3. The quantitative estimate of drug-likeness (QED) is 0.840. The molecular formula is C13H20FNO3S. The van der Waals surface area contributed by atoms with Crippen LogP contribution in [0.2, 0.25) is 0 Å². The Morgan fingerprint density at radius 1 is 1.32 bits per heavy atom. The fraction of sp³-hybridized carbons (Fsp3) is 0.538. The minimum absolute atomic E-state index is 0.0353. The molecular weight excluding hydrogens is 269 g/mol. The number of aliphatic hydroxyl groups is 1. The molecule has 0 heterocycles. The van der Waals surface area contributed by atoms with Crippen LogP contribution in [-0.4, -0.2) is 26.2 Å². The zero-order valence-electron chi connectivity index (χ0n) is 11.4. The number of benzene rings is 1. The van der Waals surface area contributed by atoms with Crippen LogP contribution < -0.4 is 4.72 Å². The third-order valence-corrected chi connectivity index (χ3v) is 4.55. The maximum Gasteiger partial charge on any atom is 0.241 e. The van der Waals surface area contributed by atoms with E-state index in [-0.39, 0.29) is 11.4 Å². The van der Waals surface area contributed by atoms with Crippen molar-refractivity contribution < 1.29 is 17.9 Å². The molecule has 0 saturated carbocycles. The minimum Gasteiger partial charge on any atom is -0.392 e. The van der Waals surface area contributed by atoms with Gasteiger partial charge in [0.05, 0.1) is 11.0 Å². The van der Waals surface area contributed by atoms with E-state index in [2.05, 4.69) is 4.72 Å². The first-order valence-electron chi connectivity index (χ1n) is 6.22. The molecule has 1 aromatic rings. The smallest absolute Gasteiger partial charge is 0.241 e. The summed E-state index contributed by atoms with van der Waals surface area (Å²) < 4.78 is 39.8. The Morgan fingerprint density at radius 3 is 2.32 bits per heavy atom. The highest BCUT2D eigenvalue weighted by atomic mass is 32.2. The molecule has 0 amide bonds. The lowest BCUT2D eigenvalue weighted by molar-refractivity contribution is 0.167. The van der Waals surface area contributed by atoms with Gasteiger partial charge in [-0.2, -0.15) is 0 Å². The van der Waals surface area contributed by atoms with Crippen LogP contribution in [0.4, 0.5) is 4.39 Å². The van der Waals surface area contributed by atoms with E-state index >= 15 is 0 Å². The van der Waals surface area contributed by atoms with Crippen molar-refractivity contribution in [2.45, 2.75) is 44.6 Å².